The molecule has 86 valence electrons. The Hall–Kier alpha value is -1.66. The minimum Gasteiger partial charge on any atom is -0.497 e. The highest BCUT2D eigenvalue weighted by Gasteiger charge is 2.05. The van der Waals surface area contributed by atoms with Gasteiger partial charge in [-0.25, -0.2) is 0 Å². The van der Waals surface area contributed by atoms with Crippen molar-refractivity contribution < 1.29 is 9.47 Å². The molecular weight excluding hydrogens is 202 g/mol. The van der Waals surface area contributed by atoms with Gasteiger partial charge >= 0.3 is 0 Å². The summed E-state index contributed by atoms with van der Waals surface area (Å²) in [5.74, 6) is 7.31. The van der Waals surface area contributed by atoms with Crippen LogP contribution < -0.4 is 15.2 Å². The number of hydrogen-bond acceptors (Lipinski definition) is 3. The van der Waals surface area contributed by atoms with Crippen LogP contribution in [0.2, 0.25) is 0 Å². The summed E-state index contributed by atoms with van der Waals surface area (Å²) in [6, 6.07) is 5.56. The Morgan fingerprint density at radius 2 is 2.12 bits per heavy atom. The van der Waals surface area contributed by atoms with Crippen LogP contribution in [0.1, 0.15) is 19.4 Å². The van der Waals surface area contributed by atoms with Crippen molar-refractivity contribution in [3.63, 3.8) is 0 Å². The van der Waals surface area contributed by atoms with Gasteiger partial charge in [-0.2, -0.15) is 0 Å². The van der Waals surface area contributed by atoms with E-state index >= 15 is 0 Å². The Bertz CT molecular complexity index is 402. The minimum absolute atomic E-state index is 0.117. The standard InChI is InChI=1S/C13H17NO2/c1-10(2)16-13-7-6-12(15-3)9-11(13)5-4-8-14/h6-7,9-10H,8,14H2,1-3H3. The van der Waals surface area contributed by atoms with Gasteiger partial charge in [-0.1, -0.05) is 11.8 Å². The Morgan fingerprint density at radius 3 is 2.69 bits per heavy atom. The molecule has 0 aliphatic rings. The molecular formula is C13H17NO2. The average molecular weight is 219 g/mol. The maximum absolute atomic E-state index is 5.64. The van der Waals surface area contributed by atoms with Crippen LogP contribution in [0.25, 0.3) is 0 Å². The highest BCUT2D eigenvalue weighted by molar-refractivity contribution is 5.50. The first-order valence-corrected chi connectivity index (χ1v) is 5.21. The van der Waals surface area contributed by atoms with Crippen molar-refractivity contribution in [2.45, 2.75) is 20.0 Å². The number of ether oxygens (including phenoxy) is 2. The fourth-order valence-corrected chi connectivity index (χ4v) is 1.24. The molecule has 0 aliphatic heterocycles. The fraction of sp³-hybridized carbons (Fsp3) is 0.385. The second-order valence-electron chi connectivity index (χ2n) is 3.53. The molecule has 0 heterocycles. The topological polar surface area (TPSA) is 44.5 Å². The molecule has 2 N–H and O–H groups in total. The van der Waals surface area contributed by atoms with E-state index in [1.807, 2.05) is 32.0 Å². The number of benzene rings is 1. The van der Waals surface area contributed by atoms with Crippen LogP contribution in [-0.2, 0) is 0 Å². The van der Waals surface area contributed by atoms with Crippen LogP contribution in [0.4, 0.5) is 0 Å². The van der Waals surface area contributed by atoms with Gasteiger partial charge in [-0.05, 0) is 32.0 Å². The molecule has 0 amide bonds. The lowest BCUT2D eigenvalue weighted by Gasteiger charge is -2.12. The quantitative estimate of drug-likeness (QED) is 0.788. The Balaban J connectivity index is 3.05. The molecule has 0 spiro atoms. The fourth-order valence-electron chi connectivity index (χ4n) is 1.24. The molecule has 3 nitrogen and oxygen atoms in total. The largest absolute Gasteiger partial charge is 0.497 e. The zero-order valence-electron chi connectivity index (χ0n) is 9.91. The lowest BCUT2D eigenvalue weighted by atomic mass is 10.2. The molecule has 1 aromatic rings. The molecule has 0 unspecified atom stereocenters. The molecule has 0 aliphatic carbocycles. The van der Waals surface area contributed by atoms with Crippen molar-refractivity contribution in [3.8, 4) is 23.3 Å². The maximum Gasteiger partial charge on any atom is 0.135 e. The van der Waals surface area contributed by atoms with Crippen LogP contribution in [0, 0.1) is 11.8 Å². The number of nitrogens with two attached hydrogens (primary N) is 1. The highest BCUT2D eigenvalue weighted by atomic mass is 16.5. The molecule has 0 saturated carbocycles. The molecule has 16 heavy (non-hydrogen) atoms. The first kappa shape index (κ1) is 12.4. The van der Waals surface area contributed by atoms with Gasteiger partial charge in [0.1, 0.15) is 11.5 Å². The summed E-state index contributed by atoms with van der Waals surface area (Å²) in [7, 11) is 1.62. The normalized spacial score (nSPS) is 9.56. The maximum atomic E-state index is 5.64. The Morgan fingerprint density at radius 1 is 1.38 bits per heavy atom. The van der Waals surface area contributed by atoms with Crippen molar-refractivity contribution in [1.82, 2.24) is 0 Å². The first-order valence-electron chi connectivity index (χ1n) is 5.21. The van der Waals surface area contributed by atoms with Crippen LogP contribution in [0.5, 0.6) is 11.5 Å². The van der Waals surface area contributed by atoms with Gasteiger partial charge in [0.2, 0.25) is 0 Å². The first-order chi connectivity index (χ1) is 7.67. The molecule has 0 aromatic heterocycles. The van der Waals surface area contributed by atoms with Gasteiger partial charge in [-0.3, -0.25) is 0 Å². The predicted molar refractivity (Wildman–Crippen MR) is 64.7 cm³/mol. The van der Waals surface area contributed by atoms with Crippen molar-refractivity contribution in [3.05, 3.63) is 23.8 Å². The van der Waals surface area contributed by atoms with E-state index in [0.29, 0.717) is 6.54 Å². The number of hydrogen-bond donors (Lipinski definition) is 1. The van der Waals surface area contributed by atoms with E-state index in [0.717, 1.165) is 17.1 Å². The zero-order chi connectivity index (χ0) is 12.0. The van der Waals surface area contributed by atoms with Crippen LogP contribution in [0.15, 0.2) is 18.2 Å². The Labute approximate surface area is 96.6 Å². The van der Waals surface area contributed by atoms with Crippen molar-refractivity contribution in [2.24, 2.45) is 5.73 Å². The van der Waals surface area contributed by atoms with Gasteiger partial charge < -0.3 is 15.2 Å². The summed E-state index contributed by atoms with van der Waals surface area (Å²) in [5, 5.41) is 0. The minimum atomic E-state index is 0.117. The number of rotatable bonds is 3. The van der Waals surface area contributed by atoms with Gasteiger partial charge in [0, 0.05) is 0 Å². The summed E-state index contributed by atoms with van der Waals surface area (Å²) < 4.78 is 10.8. The van der Waals surface area contributed by atoms with E-state index in [1.54, 1.807) is 7.11 Å². The van der Waals surface area contributed by atoms with Gasteiger partial charge in [0.25, 0.3) is 0 Å². The van der Waals surface area contributed by atoms with E-state index in [-0.39, 0.29) is 6.10 Å². The molecule has 1 aromatic carbocycles. The Kier molecular flexibility index (Phi) is 4.68. The highest BCUT2D eigenvalue weighted by Crippen LogP contribution is 2.24. The van der Waals surface area contributed by atoms with E-state index in [2.05, 4.69) is 11.8 Å². The van der Waals surface area contributed by atoms with Crippen LogP contribution in [-0.4, -0.2) is 19.8 Å². The summed E-state index contributed by atoms with van der Waals surface area (Å²) in [6.45, 7) is 4.28. The van der Waals surface area contributed by atoms with Crippen LogP contribution >= 0.6 is 0 Å². The van der Waals surface area contributed by atoms with E-state index in [4.69, 9.17) is 15.2 Å². The van der Waals surface area contributed by atoms with E-state index in [9.17, 15) is 0 Å². The van der Waals surface area contributed by atoms with Gasteiger partial charge in [0.05, 0.1) is 25.3 Å². The van der Waals surface area contributed by atoms with Crippen molar-refractivity contribution in [2.75, 3.05) is 13.7 Å². The van der Waals surface area contributed by atoms with Crippen molar-refractivity contribution >= 4 is 0 Å². The summed E-state index contributed by atoms with van der Waals surface area (Å²) in [6.07, 6.45) is 0.117. The third kappa shape index (κ3) is 3.48. The second-order valence-corrected chi connectivity index (χ2v) is 3.53. The molecule has 0 atom stereocenters. The van der Waals surface area contributed by atoms with Gasteiger partial charge in [-0.15, -0.1) is 0 Å². The SMILES string of the molecule is COc1ccc(OC(C)C)c(C#CCN)c1. The van der Waals surface area contributed by atoms with Crippen molar-refractivity contribution in [1.29, 1.82) is 0 Å². The molecule has 3 heteroatoms. The monoisotopic (exact) mass is 219 g/mol. The lowest BCUT2D eigenvalue weighted by molar-refractivity contribution is 0.241. The zero-order valence-corrected chi connectivity index (χ0v) is 9.91. The second kappa shape index (κ2) is 6.04. The molecule has 0 saturated heterocycles. The molecule has 1 rings (SSSR count). The average Bonchev–Trinajstić information content (AvgIpc) is 2.27. The smallest absolute Gasteiger partial charge is 0.135 e. The predicted octanol–water partition coefficient (Wildman–Crippen LogP) is 1.79. The van der Waals surface area contributed by atoms with E-state index in [1.165, 1.54) is 0 Å². The molecule has 0 bridgehead atoms. The lowest BCUT2D eigenvalue weighted by Crippen LogP contribution is -2.07. The summed E-state index contributed by atoms with van der Waals surface area (Å²) in [5.41, 5.74) is 6.16. The van der Waals surface area contributed by atoms with Crippen LogP contribution in [0.3, 0.4) is 0 Å². The number of methoxy groups -OCH3 is 1. The molecule has 0 radical (unpaired) electrons. The van der Waals surface area contributed by atoms with Gasteiger partial charge in [0.15, 0.2) is 0 Å². The third-order valence-corrected chi connectivity index (χ3v) is 1.87. The third-order valence-electron chi connectivity index (χ3n) is 1.87. The van der Waals surface area contributed by atoms with E-state index < -0.39 is 0 Å². The molecule has 0 fully saturated rings. The summed E-state index contributed by atoms with van der Waals surface area (Å²) in [4.78, 5) is 0. The summed E-state index contributed by atoms with van der Waals surface area (Å²) >= 11 is 0.